The summed E-state index contributed by atoms with van der Waals surface area (Å²) in [6, 6.07) is 16.0. The quantitative estimate of drug-likeness (QED) is 0.225. The molecule has 3 aliphatic rings. The summed E-state index contributed by atoms with van der Waals surface area (Å²) in [6.45, 7) is 10.6. The average Bonchev–Trinajstić information content (AvgIpc) is 3.29. The Bertz CT molecular complexity index is 1690. The Kier molecular flexibility index (Phi) is 12.9. The molecular weight excluding hydrogens is 680 g/mol. The van der Waals surface area contributed by atoms with Gasteiger partial charge in [0.15, 0.2) is 0 Å². The average molecular weight is 733 g/mol. The van der Waals surface area contributed by atoms with Crippen LogP contribution in [0.1, 0.15) is 79.4 Å². The lowest BCUT2D eigenvalue weighted by atomic mass is 9.66. The molecule has 0 saturated heterocycles. The van der Waals surface area contributed by atoms with E-state index in [-0.39, 0.29) is 35.5 Å². The molecule has 10 heteroatoms. The van der Waals surface area contributed by atoms with E-state index in [1.54, 1.807) is 6.07 Å². The standard InChI is InChI=1S/C41H53ClN4O4S/c1-4-6-31-21-36(42)11-13-37(31)35-26-46-25-34-9-12-38(34)33(24-45(19-20-47)23-30-15-17-43-18-16-30)8-5-7-28(2)29(3)51(49)44-41(48)32-10-14-40(50-27-35)39(46)22-32/h5,8,10-11,13-18,21-22,28-29,33-35,38,47H,4,6-7,9,12,19-20,23-27H2,1-3H3,(H,44,48)/b8-5+. The number of carbonyl (C=O) groups excluding carboxylic acids is 1. The van der Waals surface area contributed by atoms with Crippen LogP contribution in [-0.2, 0) is 24.0 Å². The first-order valence-corrected chi connectivity index (χ1v) is 20.2. The number of halogens is 1. The van der Waals surface area contributed by atoms with Crippen LogP contribution in [0.4, 0.5) is 5.69 Å². The van der Waals surface area contributed by atoms with Crippen molar-refractivity contribution in [2.75, 3.05) is 44.3 Å². The number of carbonyl (C=O) groups is 1. The van der Waals surface area contributed by atoms with Gasteiger partial charge in [-0.25, -0.2) is 4.21 Å². The first-order chi connectivity index (χ1) is 24.7. The number of benzene rings is 2. The van der Waals surface area contributed by atoms with E-state index in [2.05, 4.69) is 57.6 Å². The topological polar surface area (TPSA) is 95.0 Å². The Morgan fingerprint density at radius 2 is 1.92 bits per heavy atom. The lowest BCUT2D eigenvalue weighted by Crippen LogP contribution is -2.45. The summed E-state index contributed by atoms with van der Waals surface area (Å²) >= 11 is 6.48. The van der Waals surface area contributed by atoms with Crippen LogP contribution < -0.4 is 14.4 Å². The predicted molar refractivity (Wildman–Crippen MR) is 207 cm³/mol. The van der Waals surface area contributed by atoms with Crippen molar-refractivity contribution in [1.29, 1.82) is 0 Å². The highest BCUT2D eigenvalue weighted by atomic mass is 35.5. The number of anilines is 1. The summed E-state index contributed by atoms with van der Waals surface area (Å²) in [5.74, 6) is 1.84. The normalized spacial score (nSPS) is 27.5. The molecule has 1 amide bonds. The molecule has 3 aromatic rings. The monoisotopic (exact) mass is 732 g/mol. The van der Waals surface area contributed by atoms with Crippen LogP contribution in [0.15, 0.2) is 73.1 Å². The lowest BCUT2D eigenvalue weighted by molar-refractivity contribution is 0.0907. The number of fused-ring (bicyclic) bond motifs is 2. The molecule has 6 rings (SSSR count). The van der Waals surface area contributed by atoms with E-state index in [0.29, 0.717) is 30.6 Å². The van der Waals surface area contributed by atoms with Gasteiger partial charge in [0.2, 0.25) is 0 Å². The number of allylic oxidation sites excluding steroid dienone is 1. The Morgan fingerprint density at radius 3 is 2.67 bits per heavy atom. The molecular formula is C41H53ClN4O4S. The van der Waals surface area contributed by atoms with Gasteiger partial charge in [-0.1, -0.05) is 50.1 Å². The van der Waals surface area contributed by atoms with Crippen molar-refractivity contribution in [3.8, 4) is 5.75 Å². The number of nitrogens with zero attached hydrogens (tertiary/aromatic N) is 3. The van der Waals surface area contributed by atoms with Crippen molar-refractivity contribution in [3.63, 3.8) is 0 Å². The van der Waals surface area contributed by atoms with Gasteiger partial charge >= 0.3 is 0 Å². The second-order valence-electron chi connectivity index (χ2n) is 14.7. The van der Waals surface area contributed by atoms with Crippen LogP contribution in [0, 0.1) is 23.7 Å². The van der Waals surface area contributed by atoms with Crippen molar-refractivity contribution in [2.24, 2.45) is 23.7 Å². The SMILES string of the molecule is CCCc1cc(Cl)ccc1C1COc2ccc3cc2N(C1)CC1CCC1C(CN(CCO)Cc1ccncc1)/C=C/CC(C)C(C)S(=O)NC3=O. The van der Waals surface area contributed by atoms with Crippen LogP contribution >= 0.6 is 11.6 Å². The summed E-state index contributed by atoms with van der Waals surface area (Å²) in [5.41, 5.74) is 5.10. The van der Waals surface area contributed by atoms with Crippen LogP contribution in [0.3, 0.4) is 0 Å². The molecule has 51 heavy (non-hydrogen) atoms. The minimum atomic E-state index is -1.54. The third-order valence-corrected chi connectivity index (χ3v) is 13.0. The van der Waals surface area contributed by atoms with Gasteiger partial charge in [0.05, 0.1) is 24.2 Å². The molecule has 8 nitrogen and oxygen atoms in total. The number of nitrogens with one attached hydrogen (secondary N) is 1. The smallest absolute Gasteiger partial charge is 0.263 e. The summed E-state index contributed by atoms with van der Waals surface area (Å²) in [5, 5.41) is 10.6. The highest BCUT2D eigenvalue weighted by molar-refractivity contribution is 7.84. The van der Waals surface area contributed by atoms with E-state index in [1.165, 1.54) is 16.7 Å². The van der Waals surface area contributed by atoms with Crippen LogP contribution in [0.5, 0.6) is 5.75 Å². The zero-order valence-corrected chi connectivity index (χ0v) is 31.7. The number of aryl methyl sites for hydroxylation is 1. The number of pyridine rings is 1. The summed E-state index contributed by atoms with van der Waals surface area (Å²) in [7, 11) is -1.54. The summed E-state index contributed by atoms with van der Waals surface area (Å²) in [6.07, 6.45) is 13.3. The molecule has 2 aromatic carbocycles. The number of hydrogen-bond donors (Lipinski definition) is 2. The summed E-state index contributed by atoms with van der Waals surface area (Å²) < 4.78 is 22.8. The van der Waals surface area contributed by atoms with E-state index in [0.717, 1.165) is 74.7 Å². The van der Waals surface area contributed by atoms with E-state index >= 15 is 0 Å². The third-order valence-electron chi connectivity index (χ3n) is 11.3. The zero-order chi connectivity index (χ0) is 35.9. The molecule has 2 aliphatic heterocycles. The number of ether oxygens (including phenoxy) is 1. The molecule has 2 N–H and O–H groups in total. The van der Waals surface area contributed by atoms with Crippen molar-refractivity contribution in [2.45, 2.75) is 70.6 Å². The van der Waals surface area contributed by atoms with E-state index in [4.69, 9.17) is 16.3 Å². The van der Waals surface area contributed by atoms with Gasteiger partial charge in [-0.05, 0) is 115 Å². The number of aromatic nitrogens is 1. The fourth-order valence-electron chi connectivity index (χ4n) is 8.00. The third kappa shape index (κ3) is 9.23. The maximum Gasteiger partial charge on any atom is 0.263 e. The molecule has 1 aromatic heterocycles. The molecule has 0 radical (unpaired) electrons. The Hall–Kier alpha value is -3.24. The molecule has 1 aliphatic carbocycles. The van der Waals surface area contributed by atoms with Crippen molar-refractivity contribution in [1.82, 2.24) is 14.6 Å². The molecule has 7 atom stereocenters. The van der Waals surface area contributed by atoms with Gasteiger partial charge in [-0.15, -0.1) is 0 Å². The molecule has 7 unspecified atom stereocenters. The molecule has 0 spiro atoms. The maximum atomic E-state index is 13.5. The first kappa shape index (κ1) is 37.5. The van der Waals surface area contributed by atoms with Crippen LogP contribution in [0.2, 0.25) is 5.02 Å². The molecule has 1 fully saturated rings. The molecule has 1 saturated carbocycles. The second-order valence-corrected chi connectivity index (χ2v) is 16.7. The van der Waals surface area contributed by atoms with Crippen molar-refractivity contribution in [3.05, 3.63) is 100 Å². The van der Waals surface area contributed by atoms with E-state index in [1.807, 2.05) is 49.6 Å². The molecule has 3 heterocycles. The van der Waals surface area contributed by atoms with Crippen molar-refractivity contribution >= 4 is 34.2 Å². The fourth-order valence-corrected chi connectivity index (χ4v) is 9.21. The van der Waals surface area contributed by atoms with E-state index < -0.39 is 11.0 Å². The first-order valence-electron chi connectivity index (χ1n) is 18.6. The number of rotatable bonds is 9. The van der Waals surface area contributed by atoms with Gasteiger partial charge in [-0.3, -0.25) is 19.4 Å². The minimum Gasteiger partial charge on any atom is -0.491 e. The van der Waals surface area contributed by atoms with Gasteiger partial charge < -0.3 is 14.7 Å². The van der Waals surface area contributed by atoms with Gasteiger partial charge in [0.1, 0.15) is 16.7 Å². The highest BCUT2D eigenvalue weighted by Gasteiger charge is 2.39. The van der Waals surface area contributed by atoms with E-state index in [9.17, 15) is 14.1 Å². The maximum absolute atomic E-state index is 13.5. The Morgan fingerprint density at radius 1 is 1.10 bits per heavy atom. The fraction of sp³-hybridized carbons (Fsp3) is 0.512. The number of hydrogen-bond acceptors (Lipinski definition) is 7. The second kappa shape index (κ2) is 17.5. The van der Waals surface area contributed by atoms with Crippen LogP contribution in [-0.4, -0.2) is 69.7 Å². The minimum absolute atomic E-state index is 0.0979. The van der Waals surface area contributed by atoms with Gasteiger partial charge in [-0.2, -0.15) is 0 Å². The number of amides is 1. The highest BCUT2D eigenvalue weighted by Crippen LogP contribution is 2.44. The number of aliphatic hydroxyl groups is 1. The molecule has 2 bridgehead atoms. The van der Waals surface area contributed by atoms with Gasteiger partial charge in [0, 0.05) is 61.6 Å². The van der Waals surface area contributed by atoms with Crippen molar-refractivity contribution < 1.29 is 18.8 Å². The predicted octanol–water partition coefficient (Wildman–Crippen LogP) is 7.19. The largest absolute Gasteiger partial charge is 0.491 e. The lowest BCUT2D eigenvalue weighted by Gasteiger charge is -2.45. The Balaban J connectivity index is 1.35. The zero-order valence-electron chi connectivity index (χ0n) is 30.2. The Labute approximate surface area is 311 Å². The molecule has 274 valence electrons. The van der Waals surface area contributed by atoms with Gasteiger partial charge in [0.25, 0.3) is 5.91 Å². The van der Waals surface area contributed by atoms with Crippen LogP contribution in [0.25, 0.3) is 0 Å². The summed E-state index contributed by atoms with van der Waals surface area (Å²) in [4.78, 5) is 22.5. The number of aliphatic hydroxyl groups excluding tert-OH is 1.